The topological polar surface area (TPSA) is 53.6 Å². The van der Waals surface area contributed by atoms with Gasteiger partial charge in [-0.1, -0.05) is 18.2 Å². The monoisotopic (exact) mass is 351 g/mol. The maximum absolute atomic E-state index is 13.5. The average molecular weight is 351 g/mol. The fraction of sp³-hybridized carbons (Fsp3) is 0.632. The lowest BCUT2D eigenvalue weighted by molar-refractivity contribution is -0.0947. The molecule has 6 heteroatoms. The highest BCUT2D eigenvalue weighted by molar-refractivity contribution is 5.73. The van der Waals surface area contributed by atoms with Gasteiger partial charge < -0.3 is 15.4 Å². The van der Waals surface area contributed by atoms with Gasteiger partial charge in [-0.15, -0.1) is 0 Å². The van der Waals surface area contributed by atoms with Gasteiger partial charge in [0.2, 0.25) is 0 Å². The summed E-state index contributed by atoms with van der Waals surface area (Å²) >= 11 is 0. The van der Waals surface area contributed by atoms with Crippen molar-refractivity contribution in [1.29, 1.82) is 0 Å². The molecule has 0 radical (unpaired) electrons. The van der Waals surface area contributed by atoms with E-state index in [1.54, 1.807) is 18.2 Å². The van der Waals surface area contributed by atoms with E-state index in [9.17, 15) is 9.18 Å². The van der Waals surface area contributed by atoms with E-state index in [2.05, 4.69) is 43.2 Å². The first kappa shape index (κ1) is 19.7. The molecule has 1 aliphatic heterocycles. The number of benzene rings is 1. The molecule has 1 aromatic carbocycles. The van der Waals surface area contributed by atoms with Crippen molar-refractivity contribution in [3.63, 3.8) is 0 Å². The van der Waals surface area contributed by atoms with Gasteiger partial charge in [0.1, 0.15) is 5.82 Å². The van der Waals surface area contributed by atoms with Crippen molar-refractivity contribution in [2.24, 2.45) is 0 Å². The van der Waals surface area contributed by atoms with Crippen LogP contribution in [0.25, 0.3) is 0 Å². The number of carbonyl (C=O) groups excluding carboxylic acids is 1. The predicted octanol–water partition coefficient (Wildman–Crippen LogP) is 2.56. The quantitative estimate of drug-likeness (QED) is 0.828. The number of carbonyl (C=O) groups is 1. The Morgan fingerprint density at radius 2 is 1.88 bits per heavy atom. The molecular weight excluding hydrogens is 321 g/mol. The molecule has 0 aromatic heterocycles. The molecule has 1 heterocycles. The van der Waals surface area contributed by atoms with Crippen LogP contribution in [-0.2, 0) is 11.2 Å². The minimum atomic E-state index is -0.235. The lowest BCUT2D eigenvalue weighted by Gasteiger charge is -2.45. The van der Waals surface area contributed by atoms with Crippen molar-refractivity contribution in [2.45, 2.75) is 51.9 Å². The van der Waals surface area contributed by atoms with Crippen molar-refractivity contribution in [1.82, 2.24) is 15.5 Å². The molecule has 2 atom stereocenters. The number of amides is 2. The number of nitrogens with one attached hydrogen (secondary N) is 2. The highest BCUT2D eigenvalue weighted by atomic mass is 19.1. The Labute approximate surface area is 149 Å². The van der Waals surface area contributed by atoms with Crippen molar-refractivity contribution in [3.05, 3.63) is 35.6 Å². The molecule has 0 bridgehead atoms. The molecule has 0 aliphatic carbocycles. The first-order valence-electron chi connectivity index (χ1n) is 8.93. The van der Waals surface area contributed by atoms with Gasteiger partial charge in [-0.3, -0.25) is 4.90 Å². The van der Waals surface area contributed by atoms with E-state index < -0.39 is 0 Å². The standard InChI is InChI=1S/C19H30FN3O2/c1-14-11-23(12-15(2)25-14)19(3,4)13-22-18(24)21-10-9-16-7-5-6-8-17(16)20/h5-8,14-15H,9-13H2,1-4H3,(H2,21,22,24)/t14-,15+. The summed E-state index contributed by atoms with van der Waals surface area (Å²) in [6.07, 6.45) is 0.859. The van der Waals surface area contributed by atoms with Crippen molar-refractivity contribution >= 4 is 6.03 Å². The molecule has 5 nitrogen and oxygen atoms in total. The van der Waals surface area contributed by atoms with Crippen LogP contribution < -0.4 is 10.6 Å². The summed E-state index contributed by atoms with van der Waals surface area (Å²) in [5, 5.41) is 5.72. The lowest BCUT2D eigenvalue weighted by atomic mass is 10.00. The molecule has 1 aromatic rings. The van der Waals surface area contributed by atoms with Crippen LogP contribution in [0.15, 0.2) is 24.3 Å². The van der Waals surface area contributed by atoms with Crippen LogP contribution in [0.5, 0.6) is 0 Å². The molecule has 2 N–H and O–H groups in total. The minimum absolute atomic E-state index is 0.158. The first-order valence-corrected chi connectivity index (χ1v) is 8.93. The number of morpholine rings is 1. The number of hydrogen-bond donors (Lipinski definition) is 2. The molecule has 1 fully saturated rings. The third kappa shape index (κ3) is 5.97. The van der Waals surface area contributed by atoms with Crippen LogP contribution in [0, 0.1) is 5.82 Å². The van der Waals surface area contributed by atoms with Gasteiger partial charge >= 0.3 is 6.03 Å². The van der Waals surface area contributed by atoms with E-state index in [4.69, 9.17) is 4.74 Å². The van der Waals surface area contributed by atoms with Gasteiger partial charge in [0, 0.05) is 31.7 Å². The Kier molecular flexibility index (Phi) is 6.79. The molecule has 0 saturated carbocycles. The zero-order valence-corrected chi connectivity index (χ0v) is 15.6. The molecule has 2 rings (SSSR count). The summed E-state index contributed by atoms with van der Waals surface area (Å²) in [7, 11) is 0. The van der Waals surface area contributed by atoms with E-state index in [-0.39, 0.29) is 29.6 Å². The van der Waals surface area contributed by atoms with Crippen LogP contribution >= 0.6 is 0 Å². The molecule has 1 aliphatic rings. The Hall–Kier alpha value is -1.66. The maximum Gasteiger partial charge on any atom is 0.314 e. The van der Waals surface area contributed by atoms with Crippen LogP contribution in [-0.4, -0.2) is 54.9 Å². The molecule has 140 valence electrons. The van der Waals surface area contributed by atoms with Gasteiger partial charge in [0.25, 0.3) is 0 Å². The van der Waals surface area contributed by atoms with Crippen molar-refractivity contribution in [2.75, 3.05) is 26.2 Å². The second kappa shape index (κ2) is 8.63. The largest absolute Gasteiger partial charge is 0.373 e. The Morgan fingerprint density at radius 3 is 2.52 bits per heavy atom. The van der Waals surface area contributed by atoms with Gasteiger partial charge in [-0.25, -0.2) is 9.18 Å². The van der Waals surface area contributed by atoms with Crippen molar-refractivity contribution in [3.8, 4) is 0 Å². The van der Waals surface area contributed by atoms with E-state index in [1.807, 2.05) is 0 Å². The number of urea groups is 1. The van der Waals surface area contributed by atoms with Crippen molar-refractivity contribution < 1.29 is 13.9 Å². The number of halogens is 1. The zero-order valence-electron chi connectivity index (χ0n) is 15.6. The van der Waals surface area contributed by atoms with Gasteiger partial charge in [-0.2, -0.15) is 0 Å². The van der Waals surface area contributed by atoms with Crippen LogP contribution in [0.2, 0.25) is 0 Å². The Bertz CT molecular complexity index is 570. The third-order valence-corrected chi connectivity index (χ3v) is 4.59. The molecular formula is C19H30FN3O2. The highest BCUT2D eigenvalue weighted by Gasteiger charge is 2.33. The Balaban J connectivity index is 1.74. The SMILES string of the molecule is C[C@@H]1CN(C(C)(C)CNC(=O)NCCc2ccccc2F)C[C@H](C)O1. The molecule has 1 saturated heterocycles. The summed E-state index contributed by atoms with van der Waals surface area (Å²) in [6.45, 7) is 11.0. The summed E-state index contributed by atoms with van der Waals surface area (Å²) in [5.41, 5.74) is 0.453. The molecule has 0 spiro atoms. The second-order valence-corrected chi connectivity index (χ2v) is 7.43. The van der Waals surface area contributed by atoms with E-state index in [0.29, 0.717) is 25.1 Å². The summed E-state index contributed by atoms with van der Waals surface area (Å²) in [4.78, 5) is 14.4. The fourth-order valence-electron chi connectivity index (χ4n) is 3.15. The second-order valence-electron chi connectivity index (χ2n) is 7.43. The van der Waals surface area contributed by atoms with Crippen LogP contribution in [0.4, 0.5) is 9.18 Å². The maximum atomic E-state index is 13.5. The lowest BCUT2D eigenvalue weighted by Crippen LogP contribution is -2.59. The number of hydrogen-bond acceptors (Lipinski definition) is 3. The van der Waals surface area contributed by atoms with Gasteiger partial charge in [0.05, 0.1) is 12.2 Å². The first-order chi connectivity index (χ1) is 11.8. The van der Waals surface area contributed by atoms with Crippen LogP contribution in [0.1, 0.15) is 33.3 Å². The highest BCUT2D eigenvalue weighted by Crippen LogP contribution is 2.20. The normalized spacial score (nSPS) is 21.8. The predicted molar refractivity (Wildman–Crippen MR) is 97.2 cm³/mol. The van der Waals surface area contributed by atoms with E-state index >= 15 is 0 Å². The van der Waals surface area contributed by atoms with E-state index in [0.717, 1.165) is 13.1 Å². The Morgan fingerprint density at radius 1 is 1.24 bits per heavy atom. The summed E-state index contributed by atoms with van der Waals surface area (Å²) in [5.74, 6) is -0.235. The smallest absolute Gasteiger partial charge is 0.314 e. The minimum Gasteiger partial charge on any atom is -0.373 e. The van der Waals surface area contributed by atoms with Gasteiger partial charge in [0.15, 0.2) is 0 Å². The number of ether oxygens (including phenoxy) is 1. The number of nitrogens with zero attached hydrogens (tertiary/aromatic N) is 1. The van der Waals surface area contributed by atoms with Crippen LogP contribution in [0.3, 0.4) is 0 Å². The number of rotatable bonds is 6. The van der Waals surface area contributed by atoms with Gasteiger partial charge in [-0.05, 0) is 45.7 Å². The third-order valence-electron chi connectivity index (χ3n) is 4.59. The zero-order chi connectivity index (χ0) is 18.4. The fourth-order valence-corrected chi connectivity index (χ4v) is 3.15. The summed E-state index contributed by atoms with van der Waals surface area (Å²) in [6, 6.07) is 6.40. The average Bonchev–Trinajstić information content (AvgIpc) is 2.54. The summed E-state index contributed by atoms with van der Waals surface area (Å²) < 4.78 is 19.3. The molecule has 2 amide bonds. The molecule has 25 heavy (non-hydrogen) atoms. The van der Waals surface area contributed by atoms with E-state index in [1.165, 1.54) is 6.07 Å². The molecule has 0 unspecified atom stereocenters.